The third-order valence-electron chi connectivity index (χ3n) is 2.56. The zero-order valence-electron chi connectivity index (χ0n) is 9.71. The molecule has 1 heterocycles. The molecular weight excluding hydrogens is 192 g/mol. The lowest BCUT2D eigenvalue weighted by molar-refractivity contribution is 0.133. The van der Waals surface area contributed by atoms with E-state index in [1.807, 2.05) is 13.8 Å². The Morgan fingerprint density at radius 2 is 2.40 bits per heavy atom. The molecule has 0 spiro atoms. The van der Waals surface area contributed by atoms with E-state index in [1.54, 1.807) is 0 Å². The first-order valence-electron chi connectivity index (χ1n) is 5.82. The van der Waals surface area contributed by atoms with E-state index in [1.165, 1.54) is 12.8 Å². The van der Waals surface area contributed by atoms with Gasteiger partial charge in [-0.05, 0) is 52.1 Å². The van der Waals surface area contributed by atoms with Crippen LogP contribution in [0, 0.1) is 5.92 Å². The van der Waals surface area contributed by atoms with Gasteiger partial charge >= 0.3 is 6.09 Å². The Morgan fingerprint density at radius 3 is 3.00 bits per heavy atom. The summed E-state index contributed by atoms with van der Waals surface area (Å²) in [7, 11) is 0. The first-order valence-corrected chi connectivity index (χ1v) is 5.82. The number of rotatable bonds is 4. The maximum Gasteiger partial charge on any atom is 0.407 e. The minimum absolute atomic E-state index is 0.147. The number of alkyl carbamates (subject to hydrolysis) is 1. The van der Waals surface area contributed by atoms with Crippen LogP contribution in [0.1, 0.15) is 33.1 Å². The van der Waals surface area contributed by atoms with Crippen LogP contribution in [0.15, 0.2) is 0 Å². The lowest BCUT2D eigenvalue weighted by atomic mass is 9.97. The molecule has 1 aliphatic rings. The molecule has 0 aromatic carbocycles. The number of ether oxygens (including phenoxy) is 1. The Morgan fingerprint density at radius 1 is 1.60 bits per heavy atom. The quantitative estimate of drug-likeness (QED) is 0.746. The van der Waals surface area contributed by atoms with Crippen molar-refractivity contribution in [1.82, 2.24) is 10.6 Å². The summed E-state index contributed by atoms with van der Waals surface area (Å²) >= 11 is 0. The fourth-order valence-corrected chi connectivity index (χ4v) is 1.77. The van der Waals surface area contributed by atoms with Gasteiger partial charge in [-0.1, -0.05) is 0 Å². The van der Waals surface area contributed by atoms with Gasteiger partial charge < -0.3 is 15.4 Å². The largest absolute Gasteiger partial charge is 0.450 e. The Labute approximate surface area is 91.8 Å². The number of hydrogen-bond donors (Lipinski definition) is 2. The molecule has 1 unspecified atom stereocenters. The van der Waals surface area contributed by atoms with E-state index in [2.05, 4.69) is 10.6 Å². The Balaban J connectivity index is 2.02. The van der Waals surface area contributed by atoms with Crippen molar-refractivity contribution in [3.05, 3.63) is 0 Å². The van der Waals surface area contributed by atoms with Crippen LogP contribution in [0.2, 0.25) is 0 Å². The van der Waals surface area contributed by atoms with Crippen LogP contribution in [0.25, 0.3) is 0 Å². The summed E-state index contributed by atoms with van der Waals surface area (Å²) in [5, 5.41) is 6.05. The predicted molar refractivity (Wildman–Crippen MR) is 59.8 cm³/mol. The van der Waals surface area contributed by atoms with E-state index in [9.17, 15) is 4.79 Å². The minimum atomic E-state index is -0.297. The summed E-state index contributed by atoms with van der Waals surface area (Å²) in [5.41, 5.74) is 0. The second-order valence-corrected chi connectivity index (χ2v) is 4.44. The normalized spacial score (nSPS) is 21.4. The highest BCUT2D eigenvalue weighted by molar-refractivity contribution is 5.67. The lowest BCUT2D eigenvalue weighted by Gasteiger charge is -2.22. The molecule has 1 atom stereocenters. The fourth-order valence-electron chi connectivity index (χ4n) is 1.77. The van der Waals surface area contributed by atoms with Crippen LogP contribution in [-0.2, 0) is 4.74 Å². The number of amides is 1. The average Bonchev–Trinajstić information content (AvgIpc) is 2.18. The second-order valence-electron chi connectivity index (χ2n) is 4.44. The molecule has 0 aliphatic carbocycles. The maximum absolute atomic E-state index is 11.1. The molecule has 1 aliphatic heterocycles. The van der Waals surface area contributed by atoms with Crippen molar-refractivity contribution in [1.29, 1.82) is 0 Å². The molecule has 0 aromatic rings. The molecule has 4 nitrogen and oxygen atoms in total. The van der Waals surface area contributed by atoms with Crippen molar-refractivity contribution < 1.29 is 9.53 Å². The highest BCUT2D eigenvalue weighted by Gasteiger charge is 2.13. The highest BCUT2D eigenvalue weighted by Crippen LogP contribution is 2.13. The van der Waals surface area contributed by atoms with Crippen LogP contribution in [0.4, 0.5) is 4.79 Å². The van der Waals surface area contributed by atoms with Crippen molar-refractivity contribution in [3.63, 3.8) is 0 Å². The monoisotopic (exact) mass is 214 g/mol. The molecule has 2 N–H and O–H groups in total. The third kappa shape index (κ3) is 5.62. The number of nitrogens with one attached hydrogen (secondary N) is 2. The summed E-state index contributed by atoms with van der Waals surface area (Å²) in [6.07, 6.45) is 3.16. The van der Waals surface area contributed by atoms with Crippen molar-refractivity contribution in [3.8, 4) is 0 Å². The molecule has 15 heavy (non-hydrogen) atoms. The van der Waals surface area contributed by atoms with E-state index < -0.39 is 0 Å². The van der Waals surface area contributed by atoms with Gasteiger partial charge in [0.2, 0.25) is 0 Å². The van der Waals surface area contributed by atoms with Gasteiger partial charge in [0.15, 0.2) is 0 Å². The first-order chi connectivity index (χ1) is 7.18. The molecule has 1 saturated heterocycles. The Kier molecular flexibility index (Phi) is 5.47. The highest BCUT2D eigenvalue weighted by atomic mass is 16.5. The molecule has 1 amide bonds. The van der Waals surface area contributed by atoms with Gasteiger partial charge in [-0.15, -0.1) is 0 Å². The fraction of sp³-hybridized carbons (Fsp3) is 0.909. The van der Waals surface area contributed by atoms with Gasteiger partial charge in [0.1, 0.15) is 0 Å². The average molecular weight is 214 g/mol. The Hall–Kier alpha value is -0.770. The number of hydrogen-bond acceptors (Lipinski definition) is 3. The zero-order valence-corrected chi connectivity index (χ0v) is 9.71. The zero-order chi connectivity index (χ0) is 11.1. The van der Waals surface area contributed by atoms with Crippen LogP contribution in [0.5, 0.6) is 0 Å². The van der Waals surface area contributed by atoms with Crippen molar-refractivity contribution in [2.45, 2.75) is 39.2 Å². The molecule has 0 radical (unpaired) electrons. The van der Waals surface area contributed by atoms with Crippen LogP contribution < -0.4 is 10.6 Å². The summed E-state index contributed by atoms with van der Waals surface area (Å²) < 4.78 is 5.08. The molecule has 0 saturated carbocycles. The second kappa shape index (κ2) is 6.67. The first kappa shape index (κ1) is 12.3. The van der Waals surface area contributed by atoms with Crippen LogP contribution in [-0.4, -0.2) is 31.8 Å². The smallest absolute Gasteiger partial charge is 0.407 e. The number of piperidine rings is 1. The van der Waals surface area contributed by atoms with E-state index >= 15 is 0 Å². The van der Waals surface area contributed by atoms with Gasteiger partial charge in [0.25, 0.3) is 0 Å². The van der Waals surface area contributed by atoms with Crippen molar-refractivity contribution >= 4 is 6.09 Å². The molecule has 4 heteroatoms. The van der Waals surface area contributed by atoms with Gasteiger partial charge in [0.05, 0.1) is 6.61 Å². The molecular formula is C11H22N2O2. The summed E-state index contributed by atoms with van der Waals surface area (Å²) in [6, 6.07) is 0.147. The maximum atomic E-state index is 11.1. The summed E-state index contributed by atoms with van der Waals surface area (Å²) in [6.45, 7) is 6.57. The number of carbonyl (C=O) groups is 1. The van der Waals surface area contributed by atoms with Gasteiger partial charge in [-0.2, -0.15) is 0 Å². The third-order valence-corrected chi connectivity index (χ3v) is 2.56. The SMILES string of the molecule is CC(C)NC(=O)OCCC1CCCNC1. The predicted octanol–water partition coefficient (Wildman–Crippen LogP) is 1.51. The van der Waals surface area contributed by atoms with E-state index in [0.29, 0.717) is 12.5 Å². The molecule has 0 bridgehead atoms. The Bertz CT molecular complexity index is 189. The molecule has 1 rings (SSSR count). The summed E-state index contributed by atoms with van der Waals surface area (Å²) in [4.78, 5) is 11.1. The molecule has 88 valence electrons. The molecule has 1 fully saturated rings. The number of carbonyl (C=O) groups excluding carboxylic acids is 1. The van der Waals surface area contributed by atoms with Crippen LogP contribution >= 0.6 is 0 Å². The van der Waals surface area contributed by atoms with Gasteiger partial charge in [0, 0.05) is 6.04 Å². The lowest BCUT2D eigenvalue weighted by Crippen LogP contribution is -2.33. The van der Waals surface area contributed by atoms with E-state index in [4.69, 9.17) is 4.74 Å². The van der Waals surface area contributed by atoms with E-state index in [0.717, 1.165) is 19.5 Å². The standard InChI is InChI=1S/C11H22N2O2/c1-9(2)13-11(14)15-7-5-10-4-3-6-12-8-10/h9-10,12H,3-8H2,1-2H3,(H,13,14). The van der Waals surface area contributed by atoms with Crippen molar-refractivity contribution in [2.75, 3.05) is 19.7 Å². The molecule has 0 aromatic heterocycles. The minimum Gasteiger partial charge on any atom is -0.450 e. The van der Waals surface area contributed by atoms with E-state index in [-0.39, 0.29) is 12.1 Å². The van der Waals surface area contributed by atoms with Gasteiger partial charge in [-0.25, -0.2) is 4.79 Å². The van der Waals surface area contributed by atoms with Crippen molar-refractivity contribution in [2.24, 2.45) is 5.92 Å². The summed E-state index contributed by atoms with van der Waals surface area (Å²) in [5.74, 6) is 0.672. The topological polar surface area (TPSA) is 50.4 Å². The van der Waals surface area contributed by atoms with Gasteiger partial charge in [-0.3, -0.25) is 0 Å². The van der Waals surface area contributed by atoms with Crippen LogP contribution in [0.3, 0.4) is 0 Å².